The molecule has 4 nitrogen and oxygen atoms in total. The van der Waals surface area contributed by atoms with Crippen molar-refractivity contribution in [2.24, 2.45) is 23.7 Å². The molecule has 0 spiro atoms. The van der Waals surface area contributed by atoms with Crippen molar-refractivity contribution < 1.29 is 14.7 Å². The van der Waals surface area contributed by atoms with E-state index in [9.17, 15) is 14.7 Å². The molecule has 1 aliphatic heterocycles. The maximum absolute atomic E-state index is 13.7. The van der Waals surface area contributed by atoms with Gasteiger partial charge in [-0.1, -0.05) is 50.3 Å². The largest absolute Gasteiger partial charge is 0.481 e. The first-order valence-electron chi connectivity index (χ1n) is 9.93. The minimum Gasteiger partial charge on any atom is -0.481 e. The Balaban J connectivity index is 1.73. The van der Waals surface area contributed by atoms with Gasteiger partial charge in [0.15, 0.2) is 0 Å². The molecule has 0 aromatic heterocycles. The van der Waals surface area contributed by atoms with Crippen LogP contribution in [0.3, 0.4) is 0 Å². The van der Waals surface area contributed by atoms with Crippen LogP contribution in [-0.2, 0) is 21.5 Å². The van der Waals surface area contributed by atoms with Gasteiger partial charge in [-0.05, 0) is 55.1 Å². The summed E-state index contributed by atoms with van der Waals surface area (Å²) in [6, 6.07) is 8.36. The third kappa shape index (κ3) is 2.81. The number of nitrogens with zero attached hydrogens (tertiary/aromatic N) is 1. The lowest BCUT2D eigenvalue weighted by Gasteiger charge is -2.43. The van der Waals surface area contributed by atoms with Crippen LogP contribution in [0, 0.1) is 23.7 Å². The first-order valence-corrected chi connectivity index (χ1v) is 9.93. The topological polar surface area (TPSA) is 57.6 Å². The molecule has 3 aliphatic rings. The molecule has 1 amide bonds. The number of carboxylic acids is 1. The summed E-state index contributed by atoms with van der Waals surface area (Å²) < 4.78 is 0. The monoisotopic (exact) mass is 367 g/mol. The molecule has 1 heterocycles. The van der Waals surface area contributed by atoms with Gasteiger partial charge in [-0.25, -0.2) is 0 Å². The van der Waals surface area contributed by atoms with Gasteiger partial charge in [0, 0.05) is 12.1 Å². The highest BCUT2D eigenvalue weighted by molar-refractivity contribution is 5.87. The number of carbonyl (C=O) groups excluding carboxylic acids is 1. The fraction of sp³-hybridized carbons (Fsp3) is 0.565. The first kappa shape index (κ1) is 18.3. The Kier molecular flexibility index (Phi) is 4.03. The molecule has 4 rings (SSSR count). The van der Waals surface area contributed by atoms with E-state index >= 15 is 0 Å². The lowest BCUT2D eigenvalue weighted by molar-refractivity contribution is -0.154. The van der Waals surface area contributed by atoms with Crippen molar-refractivity contribution in [1.29, 1.82) is 0 Å². The number of carbonyl (C=O) groups is 2. The quantitative estimate of drug-likeness (QED) is 0.804. The van der Waals surface area contributed by atoms with Gasteiger partial charge in [-0.15, -0.1) is 0 Å². The van der Waals surface area contributed by atoms with Gasteiger partial charge in [0.05, 0.1) is 11.8 Å². The molecule has 144 valence electrons. The Morgan fingerprint density at radius 1 is 1.04 bits per heavy atom. The van der Waals surface area contributed by atoms with Crippen LogP contribution in [0.5, 0.6) is 0 Å². The maximum atomic E-state index is 13.7. The van der Waals surface area contributed by atoms with Crippen molar-refractivity contribution in [2.45, 2.75) is 58.0 Å². The van der Waals surface area contributed by atoms with Crippen LogP contribution in [0.15, 0.2) is 36.4 Å². The van der Waals surface area contributed by atoms with Crippen molar-refractivity contribution in [3.63, 3.8) is 0 Å². The molecule has 1 saturated carbocycles. The number of hydrogen-bond donors (Lipinski definition) is 1. The minimum atomic E-state index is -0.835. The Labute approximate surface area is 161 Å². The molecule has 2 bridgehead atoms. The summed E-state index contributed by atoms with van der Waals surface area (Å²) in [7, 11) is 0. The number of aliphatic carboxylic acids is 1. The van der Waals surface area contributed by atoms with E-state index in [1.807, 2.05) is 17.0 Å². The molecular formula is C23H29NO3. The minimum absolute atomic E-state index is 0.000248. The maximum Gasteiger partial charge on any atom is 0.307 e. The summed E-state index contributed by atoms with van der Waals surface area (Å²) in [6.07, 6.45) is 5.70. The van der Waals surface area contributed by atoms with E-state index in [-0.39, 0.29) is 28.7 Å². The molecule has 4 atom stereocenters. The summed E-state index contributed by atoms with van der Waals surface area (Å²) in [5.74, 6) is -1.79. The van der Waals surface area contributed by atoms with Crippen molar-refractivity contribution >= 4 is 11.9 Å². The number of amides is 1. The van der Waals surface area contributed by atoms with Crippen LogP contribution >= 0.6 is 0 Å². The van der Waals surface area contributed by atoms with E-state index in [0.29, 0.717) is 6.54 Å². The molecule has 27 heavy (non-hydrogen) atoms. The van der Waals surface area contributed by atoms with Crippen LogP contribution in [-0.4, -0.2) is 27.4 Å². The van der Waals surface area contributed by atoms with E-state index in [1.54, 1.807) is 0 Å². The normalized spacial score (nSPS) is 32.8. The number of benzene rings is 1. The van der Waals surface area contributed by atoms with Crippen LogP contribution < -0.4 is 0 Å². The van der Waals surface area contributed by atoms with Crippen LogP contribution in [0.2, 0.25) is 0 Å². The van der Waals surface area contributed by atoms with Crippen molar-refractivity contribution in [2.75, 3.05) is 0 Å². The average molecular weight is 367 g/mol. The summed E-state index contributed by atoms with van der Waals surface area (Å²) in [5.41, 5.74) is 2.08. The predicted molar refractivity (Wildman–Crippen MR) is 104 cm³/mol. The fourth-order valence-corrected chi connectivity index (χ4v) is 6.03. The van der Waals surface area contributed by atoms with E-state index in [4.69, 9.17) is 0 Å². The molecular weight excluding hydrogens is 338 g/mol. The zero-order valence-corrected chi connectivity index (χ0v) is 16.6. The van der Waals surface area contributed by atoms with Gasteiger partial charge in [0.2, 0.25) is 5.91 Å². The van der Waals surface area contributed by atoms with E-state index in [0.717, 1.165) is 12.8 Å². The zero-order valence-electron chi connectivity index (χ0n) is 16.6. The SMILES string of the molecule is CC1(C)CC(C)(C)N(C(=O)[C@@H]2[C@H](C(=O)O)[C@H]3C=C[C@@H]2C3)Cc2ccccc21. The summed E-state index contributed by atoms with van der Waals surface area (Å²) in [5, 5.41) is 9.77. The lowest BCUT2D eigenvalue weighted by Crippen LogP contribution is -2.52. The Morgan fingerprint density at radius 2 is 1.67 bits per heavy atom. The number of hydrogen-bond acceptors (Lipinski definition) is 2. The molecule has 0 radical (unpaired) electrons. The van der Waals surface area contributed by atoms with Gasteiger partial charge >= 0.3 is 5.97 Å². The van der Waals surface area contributed by atoms with Crippen molar-refractivity contribution in [3.05, 3.63) is 47.5 Å². The van der Waals surface area contributed by atoms with Gasteiger partial charge in [0.1, 0.15) is 0 Å². The third-order valence-corrected chi connectivity index (χ3v) is 6.98. The predicted octanol–water partition coefficient (Wildman–Crippen LogP) is 4.00. The van der Waals surface area contributed by atoms with Crippen LogP contribution in [0.4, 0.5) is 0 Å². The molecule has 4 heteroatoms. The number of rotatable bonds is 2. The van der Waals surface area contributed by atoms with Crippen LogP contribution in [0.1, 0.15) is 51.7 Å². The smallest absolute Gasteiger partial charge is 0.307 e. The molecule has 1 N–H and O–H groups in total. The summed E-state index contributed by atoms with van der Waals surface area (Å²) in [4.78, 5) is 27.6. The zero-order chi connectivity index (χ0) is 19.6. The first-order chi connectivity index (χ1) is 12.6. The molecule has 1 aromatic carbocycles. The highest BCUT2D eigenvalue weighted by Gasteiger charge is 2.54. The lowest BCUT2D eigenvalue weighted by atomic mass is 9.74. The second-order valence-corrected chi connectivity index (χ2v) is 9.79. The van der Waals surface area contributed by atoms with Gasteiger partial charge < -0.3 is 10.0 Å². The number of carboxylic acid groups (broad SMARTS) is 1. The summed E-state index contributed by atoms with van der Waals surface area (Å²) in [6.45, 7) is 9.27. The van der Waals surface area contributed by atoms with E-state index in [2.05, 4.69) is 52.0 Å². The van der Waals surface area contributed by atoms with Gasteiger partial charge in [0.25, 0.3) is 0 Å². The highest BCUT2D eigenvalue weighted by Crippen LogP contribution is 2.50. The highest BCUT2D eigenvalue weighted by atomic mass is 16.4. The van der Waals surface area contributed by atoms with Gasteiger partial charge in [-0.3, -0.25) is 9.59 Å². The Hall–Kier alpha value is -2.10. The number of allylic oxidation sites excluding steroid dienone is 2. The molecule has 1 aromatic rings. The molecule has 0 unspecified atom stereocenters. The second-order valence-electron chi connectivity index (χ2n) is 9.79. The number of fused-ring (bicyclic) bond motifs is 3. The van der Waals surface area contributed by atoms with Gasteiger partial charge in [-0.2, -0.15) is 0 Å². The second kappa shape index (κ2) is 5.95. The third-order valence-electron chi connectivity index (χ3n) is 6.98. The van der Waals surface area contributed by atoms with E-state index in [1.165, 1.54) is 11.1 Å². The van der Waals surface area contributed by atoms with E-state index < -0.39 is 17.8 Å². The molecule has 0 saturated heterocycles. The van der Waals surface area contributed by atoms with Crippen molar-refractivity contribution in [3.8, 4) is 0 Å². The van der Waals surface area contributed by atoms with Crippen LogP contribution in [0.25, 0.3) is 0 Å². The Morgan fingerprint density at radius 3 is 2.33 bits per heavy atom. The summed E-state index contributed by atoms with van der Waals surface area (Å²) >= 11 is 0. The Bertz CT molecular complexity index is 823. The van der Waals surface area contributed by atoms with Crippen molar-refractivity contribution in [1.82, 2.24) is 4.90 Å². The average Bonchev–Trinajstić information content (AvgIpc) is 3.17. The molecule has 2 aliphatic carbocycles. The molecule has 1 fully saturated rings. The standard InChI is InChI=1S/C23H29NO3/c1-22(2)13-23(3,4)24(12-16-7-5-6-8-17(16)22)20(25)18-14-9-10-15(11-14)19(18)21(26)27/h5-10,14-15,18-19H,11-13H2,1-4H3,(H,26,27)/t14-,15+,18+,19-/m1/s1. The fourth-order valence-electron chi connectivity index (χ4n) is 6.03.